The number of aliphatic hydroxyl groups is 1. The number of benzene rings is 2. The average Bonchev–Trinajstić information content (AvgIpc) is 2.86. The van der Waals surface area contributed by atoms with E-state index in [-0.39, 0.29) is 24.0 Å². The van der Waals surface area contributed by atoms with E-state index in [1.54, 1.807) is 19.1 Å². The highest BCUT2D eigenvalue weighted by molar-refractivity contribution is 5.69. The van der Waals surface area contributed by atoms with Crippen molar-refractivity contribution < 1.29 is 41.0 Å². The molecule has 2 rings (SSSR count). The molecule has 0 heterocycles. The van der Waals surface area contributed by atoms with Gasteiger partial charge in [-0.3, -0.25) is 4.79 Å². The molecule has 2 aromatic rings. The summed E-state index contributed by atoms with van der Waals surface area (Å²) < 4.78 is 82.9. The summed E-state index contributed by atoms with van der Waals surface area (Å²) in [4.78, 5) is 11.3. The Morgan fingerprint density at radius 3 is 1.92 bits per heavy atom. The van der Waals surface area contributed by atoms with Crippen molar-refractivity contribution in [2.75, 3.05) is 7.11 Å². The van der Waals surface area contributed by atoms with Crippen LogP contribution in [-0.4, -0.2) is 36.1 Å². The van der Waals surface area contributed by atoms with Gasteiger partial charge in [0.05, 0.1) is 13.5 Å². The third-order valence-corrected chi connectivity index (χ3v) is 7.08. The second-order valence-electron chi connectivity index (χ2n) is 9.36. The maximum Gasteiger partial charge on any atom is 0.430 e. The number of rotatable bonds is 8. The molecule has 39 heavy (non-hydrogen) atoms. The number of carbonyl (C=O) groups excluding carboxylic acids is 1. The monoisotopic (exact) mass is 554 g/mol. The van der Waals surface area contributed by atoms with Crippen molar-refractivity contribution in [1.82, 2.24) is 0 Å². The van der Waals surface area contributed by atoms with Crippen LogP contribution in [0.25, 0.3) is 6.08 Å². The van der Waals surface area contributed by atoms with Gasteiger partial charge in [-0.2, -0.15) is 26.3 Å². The Kier molecular flexibility index (Phi) is 10.1. The highest BCUT2D eigenvalue weighted by atomic mass is 19.4. The van der Waals surface area contributed by atoms with Crippen LogP contribution in [0.15, 0.2) is 42.5 Å². The zero-order valence-corrected chi connectivity index (χ0v) is 22.5. The fourth-order valence-electron chi connectivity index (χ4n) is 4.48. The molecular weight excluding hydrogens is 522 g/mol. The van der Waals surface area contributed by atoms with Gasteiger partial charge < -0.3 is 9.84 Å². The molecule has 0 atom stereocenters. The van der Waals surface area contributed by atoms with Gasteiger partial charge in [-0.25, -0.2) is 0 Å². The van der Waals surface area contributed by atoms with Gasteiger partial charge in [0.2, 0.25) is 0 Å². The van der Waals surface area contributed by atoms with Crippen molar-refractivity contribution in [2.45, 2.75) is 76.7 Å². The van der Waals surface area contributed by atoms with E-state index < -0.39 is 23.4 Å². The number of hydrogen-bond donors (Lipinski definition) is 1. The Morgan fingerprint density at radius 2 is 1.46 bits per heavy atom. The number of carbonyl (C=O) groups is 1. The molecule has 1 N–H and O–H groups in total. The van der Waals surface area contributed by atoms with Crippen LogP contribution in [0.2, 0.25) is 0 Å². The molecule has 212 valence electrons. The van der Waals surface area contributed by atoms with Gasteiger partial charge in [0.15, 0.2) is 0 Å². The lowest BCUT2D eigenvalue weighted by molar-refractivity contribution is -0.347. The molecule has 0 saturated carbocycles. The van der Waals surface area contributed by atoms with E-state index in [0.29, 0.717) is 30.9 Å². The van der Waals surface area contributed by atoms with E-state index in [0.717, 1.165) is 22.3 Å². The molecule has 0 aromatic heterocycles. The summed E-state index contributed by atoms with van der Waals surface area (Å²) in [5.41, 5.74) is -1.23. The van der Waals surface area contributed by atoms with E-state index in [9.17, 15) is 36.2 Å². The SMILES string of the molecule is CCC(CC)(c1ccc(C#CCCC(=O)OC)c(C)c1)c1ccc(/C=C/C(O)(C(F)(F)F)C(F)(F)F)c(C)c1. The van der Waals surface area contributed by atoms with Crippen LogP contribution in [0, 0.1) is 25.7 Å². The summed E-state index contributed by atoms with van der Waals surface area (Å²) in [6.07, 6.45) is -9.52. The lowest BCUT2D eigenvalue weighted by atomic mass is 9.69. The van der Waals surface area contributed by atoms with E-state index in [1.807, 2.05) is 39.0 Å². The predicted molar refractivity (Wildman–Crippen MR) is 138 cm³/mol. The number of alkyl halides is 6. The second kappa shape index (κ2) is 12.3. The summed E-state index contributed by atoms with van der Waals surface area (Å²) in [5.74, 6) is 5.70. The molecule has 3 nitrogen and oxygen atoms in total. The van der Waals surface area contributed by atoms with Gasteiger partial charge >= 0.3 is 18.3 Å². The van der Waals surface area contributed by atoms with Crippen LogP contribution < -0.4 is 0 Å². The fourth-order valence-corrected chi connectivity index (χ4v) is 4.48. The molecule has 2 aromatic carbocycles. The minimum atomic E-state index is -5.93. The van der Waals surface area contributed by atoms with Gasteiger partial charge in [0, 0.05) is 17.4 Å². The minimum absolute atomic E-state index is 0.125. The van der Waals surface area contributed by atoms with Crippen LogP contribution in [0.4, 0.5) is 26.3 Å². The average molecular weight is 555 g/mol. The summed E-state index contributed by atoms with van der Waals surface area (Å²) in [7, 11) is 1.32. The molecular formula is C30H32F6O3. The van der Waals surface area contributed by atoms with E-state index in [2.05, 4.69) is 16.6 Å². The lowest BCUT2D eigenvalue weighted by Crippen LogP contribution is -2.55. The normalized spacial score (nSPS) is 12.8. The Bertz CT molecular complexity index is 1240. The highest BCUT2D eigenvalue weighted by Crippen LogP contribution is 2.45. The minimum Gasteiger partial charge on any atom is -0.469 e. The molecule has 0 aliphatic heterocycles. The molecule has 0 spiro atoms. The van der Waals surface area contributed by atoms with Gasteiger partial charge in [-0.1, -0.05) is 62.1 Å². The largest absolute Gasteiger partial charge is 0.469 e. The quantitative estimate of drug-likeness (QED) is 0.208. The maximum atomic E-state index is 13.0. The topological polar surface area (TPSA) is 46.5 Å². The third-order valence-electron chi connectivity index (χ3n) is 7.08. The van der Waals surface area contributed by atoms with Crippen LogP contribution in [-0.2, 0) is 14.9 Å². The Hall–Kier alpha value is -3.25. The maximum absolute atomic E-state index is 13.0. The molecule has 0 aliphatic carbocycles. The van der Waals surface area contributed by atoms with Crippen molar-refractivity contribution in [3.8, 4) is 11.8 Å². The molecule has 9 heteroatoms. The number of ether oxygens (including phenoxy) is 1. The summed E-state index contributed by atoms with van der Waals surface area (Å²) >= 11 is 0. The van der Waals surface area contributed by atoms with Crippen molar-refractivity contribution in [1.29, 1.82) is 0 Å². The van der Waals surface area contributed by atoms with Crippen molar-refractivity contribution >= 4 is 12.0 Å². The zero-order chi connectivity index (χ0) is 29.6. The Balaban J connectivity index is 2.45. The van der Waals surface area contributed by atoms with Crippen molar-refractivity contribution in [3.63, 3.8) is 0 Å². The highest BCUT2D eigenvalue weighted by Gasteiger charge is 2.68. The zero-order valence-electron chi connectivity index (χ0n) is 22.5. The second-order valence-corrected chi connectivity index (χ2v) is 9.36. The molecule has 0 fully saturated rings. The van der Waals surface area contributed by atoms with E-state index in [1.165, 1.54) is 13.2 Å². The Morgan fingerprint density at radius 1 is 0.923 bits per heavy atom. The molecule has 0 amide bonds. The predicted octanol–water partition coefficient (Wildman–Crippen LogP) is 7.58. The molecule has 0 bridgehead atoms. The molecule has 0 radical (unpaired) electrons. The first-order valence-corrected chi connectivity index (χ1v) is 12.4. The smallest absolute Gasteiger partial charge is 0.430 e. The number of hydrogen-bond acceptors (Lipinski definition) is 3. The van der Waals surface area contributed by atoms with Gasteiger partial charge in [-0.15, -0.1) is 0 Å². The summed E-state index contributed by atoms with van der Waals surface area (Å²) in [5, 5.41) is 9.43. The molecule has 0 aliphatic rings. The summed E-state index contributed by atoms with van der Waals surface area (Å²) in [6, 6.07) is 10.8. The van der Waals surface area contributed by atoms with Gasteiger partial charge in [0.1, 0.15) is 0 Å². The standard InChI is InChI=1S/C30H32F6O3/c1-6-27(7-2,24-14-12-22(20(3)18-24)10-8-9-11-26(37)39-5)25-15-13-23(21(4)19-25)16-17-28(38,29(31,32)33)30(34,35)36/h12-19,38H,6-7,9,11H2,1-5H3/b17-16+. The number of aryl methyl sites for hydroxylation is 2. The molecule has 0 unspecified atom stereocenters. The first-order chi connectivity index (χ1) is 18.1. The number of halogens is 6. The first kappa shape index (κ1) is 32.0. The third kappa shape index (κ3) is 6.85. The van der Waals surface area contributed by atoms with Gasteiger partial charge in [-0.05, 0) is 66.6 Å². The Labute approximate surface area is 224 Å². The van der Waals surface area contributed by atoms with Gasteiger partial charge in [0.25, 0.3) is 5.60 Å². The van der Waals surface area contributed by atoms with Crippen molar-refractivity contribution in [2.24, 2.45) is 0 Å². The molecule has 0 saturated heterocycles. The van der Waals surface area contributed by atoms with Crippen LogP contribution in [0.1, 0.15) is 72.9 Å². The first-order valence-electron chi connectivity index (χ1n) is 12.4. The van der Waals surface area contributed by atoms with Crippen LogP contribution >= 0.6 is 0 Å². The number of methoxy groups -OCH3 is 1. The van der Waals surface area contributed by atoms with Crippen LogP contribution in [0.5, 0.6) is 0 Å². The lowest BCUT2D eigenvalue weighted by Gasteiger charge is -2.34. The summed E-state index contributed by atoms with van der Waals surface area (Å²) in [6.45, 7) is 7.54. The van der Waals surface area contributed by atoms with E-state index >= 15 is 0 Å². The van der Waals surface area contributed by atoms with Crippen molar-refractivity contribution in [3.05, 3.63) is 75.9 Å². The fraction of sp³-hybridized carbons (Fsp3) is 0.433. The van der Waals surface area contributed by atoms with E-state index in [4.69, 9.17) is 0 Å². The van der Waals surface area contributed by atoms with Crippen LogP contribution in [0.3, 0.4) is 0 Å². The number of esters is 1.